The fourth-order valence-electron chi connectivity index (χ4n) is 0. The molecule has 1 unspecified atom stereocenters. The van der Waals surface area contributed by atoms with E-state index in [1.54, 1.807) is 0 Å². The number of hydrogen-bond donors (Lipinski definition) is 1. The van der Waals surface area contributed by atoms with Gasteiger partial charge in [0, 0.05) is 26.5 Å². The van der Waals surface area contributed by atoms with Crippen molar-refractivity contribution in [2.75, 3.05) is 0 Å². The summed E-state index contributed by atoms with van der Waals surface area (Å²) in [5.41, 5.74) is 5.29. The van der Waals surface area contributed by atoms with E-state index in [4.69, 9.17) is 16.3 Å². The van der Waals surface area contributed by atoms with Crippen LogP contribution < -0.4 is 5.73 Å². The van der Waals surface area contributed by atoms with Crippen molar-refractivity contribution in [1.82, 2.24) is 0 Å². The number of nitrogens with zero attached hydrogens (tertiary/aromatic N) is 2. The number of rotatable bonds is 1. The Labute approximate surface area is 105 Å². The maximum Gasteiger partial charge on any atom is 0.000781 e. The summed E-state index contributed by atoms with van der Waals surface area (Å²) in [6.45, 7) is 4.07. The predicted octanol–water partition coefficient (Wildman–Crippen LogP) is 1.49. The van der Waals surface area contributed by atoms with Crippen LogP contribution in [-0.2, 0) is 45.7 Å². The fourth-order valence-corrected chi connectivity index (χ4v) is 0. The summed E-state index contributed by atoms with van der Waals surface area (Å²) in [4.78, 5) is 0. The van der Waals surface area contributed by atoms with Crippen molar-refractivity contribution in [2.24, 2.45) is 5.73 Å². The SMILES string of the molecule is CCC(C)N.N#C[S-].N#C[S-].[NH2-].[Pd]. The summed E-state index contributed by atoms with van der Waals surface area (Å²) in [6, 6.07) is 0.384. The van der Waals surface area contributed by atoms with Gasteiger partial charge in [-0.05, 0) is 13.3 Å². The Kier molecular flexibility index (Phi) is 90.7. The molecule has 0 spiro atoms. The molecule has 0 aromatic rings. The quantitative estimate of drug-likeness (QED) is 0.448. The molecule has 4 nitrogen and oxygen atoms in total. The van der Waals surface area contributed by atoms with Crippen LogP contribution in [0.4, 0.5) is 0 Å². The first-order valence-electron chi connectivity index (χ1n) is 2.88. The van der Waals surface area contributed by atoms with Crippen LogP contribution in [0.25, 0.3) is 6.15 Å². The van der Waals surface area contributed by atoms with Crippen LogP contribution in [0, 0.1) is 21.3 Å². The third-order valence-corrected chi connectivity index (χ3v) is 0.644. The van der Waals surface area contributed by atoms with Gasteiger partial charge in [-0.3, -0.25) is 0 Å². The summed E-state index contributed by atoms with van der Waals surface area (Å²) in [5, 5.41) is 16.9. The van der Waals surface area contributed by atoms with E-state index < -0.39 is 0 Å². The topological polar surface area (TPSA) is 107 Å². The Morgan fingerprint density at radius 3 is 1.38 bits per heavy atom. The van der Waals surface area contributed by atoms with E-state index in [9.17, 15) is 0 Å². The van der Waals surface area contributed by atoms with Crippen molar-refractivity contribution in [3.8, 4) is 10.8 Å². The van der Waals surface area contributed by atoms with Gasteiger partial charge in [-0.2, -0.15) is 0 Å². The number of hydrogen-bond acceptors (Lipinski definition) is 5. The molecule has 82 valence electrons. The van der Waals surface area contributed by atoms with E-state index in [0.717, 1.165) is 6.42 Å². The normalized spacial score (nSPS) is 6.85. The Morgan fingerprint density at radius 1 is 1.31 bits per heavy atom. The minimum Gasteiger partial charge on any atom is -0.696 e. The van der Waals surface area contributed by atoms with Gasteiger partial charge in [-0.1, -0.05) is 17.7 Å². The van der Waals surface area contributed by atoms with Crippen molar-refractivity contribution in [3.63, 3.8) is 0 Å². The van der Waals surface area contributed by atoms with Gasteiger partial charge in [-0.25, -0.2) is 10.5 Å². The van der Waals surface area contributed by atoms with Gasteiger partial charge in [0.25, 0.3) is 0 Å². The molecule has 4 N–H and O–H groups in total. The van der Waals surface area contributed by atoms with Crippen LogP contribution in [0.2, 0.25) is 0 Å². The fraction of sp³-hybridized carbons (Fsp3) is 0.667. The molecule has 0 saturated carbocycles. The van der Waals surface area contributed by atoms with E-state index in [1.165, 1.54) is 10.8 Å². The second-order valence-corrected chi connectivity index (χ2v) is 1.93. The zero-order valence-electron chi connectivity index (χ0n) is 7.47. The summed E-state index contributed by atoms with van der Waals surface area (Å²) < 4.78 is 0. The third-order valence-electron chi connectivity index (χ3n) is 0.644. The van der Waals surface area contributed by atoms with Gasteiger partial charge in [0.15, 0.2) is 0 Å². The van der Waals surface area contributed by atoms with Crippen molar-refractivity contribution >= 4 is 25.3 Å². The predicted molar refractivity (Wildman–Crippen MR) is 55.2 cm³/mol. The molecular weight excluding hydrogens is 299 g/mol. The zero-order chi connectivity index (χ0) is 9.70. The molecule has 1 atom stereocenters. The zero-order valence-corrected chi connectivity index (χ0v) is 10.7. The second-order valence-electron chi connectivity index (χ2n) is 1.57. The molecule has 13 heavy (non-hydrogen) atoms. The average Bonchev–Trinajstić information content (AvgIpc) is 1.91. The van der Waals surface area contributed by atoms with Crippen molar-refractivity contribution in [1.29, 1.82) is 10.5 Å². The number of nitriles is 2. The van der Waals surface area contributed by atoms with Gasteiger partial charge in [0.2, 0.25) is 0 Å². The first kappa shape index (κ1) is 29.2. The van der Waals surface area contributed by atoms with Crippen LogP contribution in [0.15, 0.2) is 0 Å². The molecule has 0 radical (unpaired) electrons. The van der Waals surface area contributed by atoms with E-state index in [1.807, 2.05) is 6.92 Å². The van der Waals surface area contributed by atoms with Crippen LogP contribution in [0.5, 0.6) is 0 Å². The minimum atomic E-state index is 0. The number of nitrogens with two attached hydrogens (primary N) is 2. The minimum absolute atomic E-state index is 0. The van der Waals surface area contributed by atoms with Crippen LogP contribution in [0.1, 0.15) is 20.3 Å². The molecule has 0 amide bonds. The molecule has 7 heteroatoms. The van der Waals surface area contributed by atoms with Gasteiger partial charge in [-0.15, -0.1) is 0 Å². The number of thiocyanates is 2. The largest absolute Gasteiger partial charge is 0.696 e. The van der Waals surface area contributed by atoms with Crippen LogP contribution in [0.3, 0.4) is 0 Å². The summed E-state index contributed by atoms with van der Waals surface area (Å²) in [7, 11) is 0. The Bertz CT molecular complexity index is 118. The Balaban J connectivity index is -0.0000000240. The summed E-state index contributed by atoms with van der Waals surface area (Å²) in [6.07, 6.45) is 1.08. The molecule has 0 aliphatic rings. The van der Waals surface area contributed by atoms with Crippen molar-refractivity contribution in [2.45, 2.75) is 26.3 Å². The molecule has 0 saturated heterocycles. The van der Waals surface area contributed by atoms with Gasteiger partial charge in [0.05, 0.1) is 0 Å². The molecular formula is C6H13N4PdS2-3. The summed E-state index contributed by atoms with van der Waals surface area (Å²) in [5.74, 6) is 0. The van der Waals surface area contributed by atoms with Gasteiger partial charge < -0.3 is 37.1 Å². The Morgan fingerprint density at radius 2 is 1.38 bits per heavy atom. The van der Waals surface area contributed by atoms with E-state index in [2.05, 4.69) is 32.2 Å². The van der Waals surface area contributed by atoms with E-state index >= 15 is 0 Å². The molecule has 0 bridgehead atoms. The van der Waals surface area contributed by atoms with Crippen LogP contribution in [-0.4, -0.2) is 6.04 Å². The first-order chi connectivity index (χ1) is 5.10. The van der Waals surface area contributed by atoms with Crippen LogP contribution >= 0.6 is 0 Å². The molecule has 0 heterocycles. The van der Waals surface area contributed by atoms with Crippen molar-refractivity contribution < 1.29 is 20.4 Å². The van der Waals surface area contributed by atoms with Gasteiger partial charge in [0.1, 0.15) is 0 Å². The third kappa shape index (κ3) is 299. The van der Waals surface area contributed by atoms with E-state index in [-0.39, 0.29) is 26.6 Å². The molecule has 0 aromatic heterocycles. The monoisotopic (exact) mass is 311 g/mol. The average molecular weight is 312 g/mol. The Hall–Kier alpha value is 0.00234. The maximum absolute atomic E-state index is 7.13. The van der Waals surface area contributed by atoms with Gasteiger partial charge >= 0.3 is 0 Å². The second kappa shape index (κ2) is 40.3. The molecule has 0 aliphatic heterocycles. The maximum atomic E-state index is 7.13. The summed E-state index contributed by atoms with van der Waals surface area (Å²) >= 11 is 7.40. The van der Waals surface area contributed by atoms with E-state index in [0.29, 0.717) is 6.04 Å². The standard InChI is InChI=1S/C4H11N.2CHNS.H2N.Pd/c1-3-4(2)5;2*2-1-3;;/h4H,3,5H2,1-2H3;2*3H;1H2;/q;;;-1;/p-2. The molecule has 0 fully saturated rings. The molecule has 0 rings (SSSR count). The molecule has 0 aromatic carbocycles. The first-order valence-corrected chi connectivity index (χ1v) is 3.70. The smallest absolute Gasteiger partial charge is 0.000781 e. The van der Waals surface area contributed by atoms with Crippen molar-refractivity contribution in [3.05, 3.63) is 6.15 Å². The molecule has 0 aliphatic carbocycles.